The molecule has 0 atom stereocenters. The maximum Gasteiger partial charge on any atom is 0.307 e. The maximum absolute atomic E-state index is 11.1. The molecule has 4 rings (SSSR count). The van der Waals surface area contributed by atoms with Gasteiger partial charge in [0.05, 0.1) is 13.5 Å². The molecule has 0 amide bonds. The lowest BCUT2D eigenvalue weighted by atomic mass is 10.1. The van der Waals surface area contributed by atoms with Crippen molar-refractivity contribution >= 4 is 29.5 Å². The van der Waals surface area contributed by atoms with Gasteiger partial charge in [0.25, 0.3) is 0 Å². The van der Waals surface area contributed by atoms with E-state index < -0.39 is 5.97 Å². The van der Waals surface area contributed by atoms with E-state index in [1.807, 2.05) is 62.6 Å². The predicted molar refractivity (Wildman–Crippen MR) is 140 cm³/mol. The molecule has 2 heterocycles. The van der Waals surface area contributed by atoms with Crippen LogP contribution < -0.4 is 4.74 Å². The summed E-state index contributed by atoms with van der Waals surface area (Å²) in [7, 11) is 1.66. The molecule has 0 aliphatic rings. The van der Waals surface area contributed by atoms with Crippen molar-refractivity contribution in [3.05, 3.63) is 77.1 Å². The summed E-state index contributed by atoms with van der Waals surface area (Å²) < 4.78 is 11.9. The number of furan rings is 1. The minimum atomic E-state index is -0.854. The third kappa shape index (κ3) is 6.07. The highest BCUT2D eigenvalue weighted by Crippen LogP contribution is 2.38. The molecule has 1 N–H and O–H groups in total. The van der Waals surface area contributed by atoms with Crippen LogP contribution in [0.2, 0.25) is 0 Å². The Morgan fingerprint density at radius 3 is 2.31 bits per heavy atom. The first-order valence-electron chi connectivity index (χ1n) is 11.0. The number of nitrogens with zero attached hydrogens (tertiary/aromatic N) is 2. The van der Waals surface area contributed by atoms with Crippen LogP contribution in [0, 0.1) is 13.8 Å². The summed E-state index contributed by atoms with van der Waals surface area (Å²) in [4.78, 5) is 21.2. The fourth-order valence-electron chi connectivity index (χ4n) is 3.76. The van der Waals surface area contributed by atoms with Gasteiger partial charge in [0, 0.05) is 38.7 Å². The molecule has 180 valence electrons. The first kappa shape index (κ1) is 24.9. The summed E-state index contributed by atoms with van der Waals surface area (Å²) in [5.74, 6) is 2.10. The number of rotatable bonds is 9. The fraction of sp³-hybridized carbons (Fsp3) is 0.222. The highest BCUT2D eigenvalue weighted by Gasteiger charge is 2.17. The lowest BCUT2D eigenvalue weighted by molar-refractivity contribution is -0.136. The number of aromatic nitrogens is 2. The van der Waals surface area contributed by atoms with Crippen LogP contribution in [0.4, 0.5) is 0 Å². The first-order valence-corrected chi connectivity index (χ1v) is 13.2. The number of carbonyl (C=O) groups is 1. The van der Waals surface area contributed by atoms with E-state index in [2.05, 4.69) is 22.1 Å². The smallest absolute Gasteiger partial charge is 0.307 e. The van der Waals surface area contributed by atoms with Crippen LogP contribution in [-0.4, -0.2) is 34.4 Å². The van der Waals surface area contributed by atoms with E-state index >= 15 is 0 Å². The molecule has 0 saturated heterocycles. The van der Waals surface area contributed by atoms with Crippen LogP contribution in [0.1, 0.15) is 22.5 Å². The second kappa shape index (κ2) is 11.0. The van der Waals surface area contributed by atoms with Gasteiger partial charge < -0.3 is 14.3 Å². The number of hydrogen-bond donors (Lipinski definition) is 1. The zero-order valence-corrected chi connectivity index (χ0v) is 21.6. The van der Waals surface area contributed by atoms with Crippen LogP contribution in [0.25, 0.3) is 22.6 Å². The second-order valence-electron chi connectivity index (χ2n) is 8.02. The lowest BCUT2D eigenvalue weighted by Crippen LogP contribution is -1.99. The van der Waals surface area contributed by atoms with E-state index in [1.165, 1.54) is 0 Å². The van der Waals surface area contributed by atoms with Gasteiger partial charge in [0.15, 0.2) is 5.16 Å². The fourth-order valence-corrected chi connectivity index (χ4v) is 5.27. The van der Waals surface area contributed by atoms with E-state index in [0.29, 0.717) is 5.75 Å². The zero-order chi connectivity index (χ0) is 24.9. The Kier molecular flexibility index (Phi) is 7.83. The molecule has 0 aliphatic heterocycles. The maximum atomic E-state index is 11.1. The minimum absolute atomic E-state index is 0.0141. The summed E-state index contributed by atoms with van der Waals surface area (Å²) in [6, 6.07) is 17.5. The van der Waals surface area contributed by atoms with Gasteiger partial charge in [0.1, 0.15) is 17.3 Å². The Balaban J connectivity index is 1.71. The van der Waals surface area contributed by atoms with Gasteiger partial charge in [0.2, 0.25) is 0 Å². The predicted octanol–water partition coefficient (Wildman–Crippen LogP) is 6.67. The quantitative estimate of drug-likeness (QED) is 0.199. The third-order valence-electron chi connectivity index (χ3n) is 5.37. The minimum Gasteiger partial charge on any atom is -0.496 e. The normalized spacial score (nSPS) is 11.0. The van der Waals surface area contributed by atoms with Gasteiger partial charge in [-0.15, -0.1) is 11.8 Å². The summed E-state index contributed by atoms with van der Waals surface area (Å²) in [5.41, 5.74) is 5.47. The molecular weight excluding hydrogens is 480 g/mol. The van der Waals surface area contributed by atoms with Crippen LogP contribution in [0.15, 0.2) is 69.1 Å². The van der Waals surface area contributed by atoms with Crippen molar-refractivity contribution in [3.63, 3.8) is 0 Å². The second-order valence-corrected chi connectivity index (χ2v) is 9.81. The van der Waals surface area contributed by atoms with Gasteiger partial charge in [-0.25, -0.2) is 9.97 Å². The van der Waals surface area contributed by atoms with Crippen molar-refractivity contribution < 1.29 is 19.1 Å². The van der Waals surface area contributed by atoms with Gasteiger partial charge >= 0.3 is 5.97 Å². The van der Waals surface area contributed by atoms with Crippen molar-refractivity contribution in [2.45, 2.75) is 36.1 Å². The molecule has 35 heavy (non-hydrogen) atoms. The van der Waals surface area contributed by atoms with E-state index in [9.17, 15) is 4.79 Å². The number of methoxy groups -OCH3 is 1. The van der Waals surface area contributed by atoms with Crippen LogP contribution in [-0.2, 0) is 17.0 Å². The van der Waals surface area contributed by atoms with E-state index in [-0.39, 0.29) is 6.42 Å². The van der Waals surface area contributed by atoms with Crippen molar-refractivity contribution in [2.24, 2.45) is 0 Å². The molecule has 6 nitrogen and oxygen atoms in total. The third-order valence-corrected chi connectivity index (χ3v) is 7.02. The first-order chi connectivity index (χ1) is 16.9. The zero-order valence-electron chi connectivity index (χ0n) is 20.0. The summed E-state index contributed by atoms with van der Waals surface area (Å²) in [5, 5.41) is 9.80. The number of hydrogen-bond acceptors (Lipinski definition) is 7. The molecule has 0 unspecified atom stereocenters. The summed E-state index contributed by atoms with van der Waals surface area (Å²) in [6.45, 7) is 3.93. The SMILES string of the molecule is COc1ccc(-c2cc(CSc3nc(C)cc(C)n3)c(-c3ccc(CC(=O)O)cc3)o2)cc1SC. The molecule has 0 spiro atoms. The average Bonchev–Trinajstić information content (AvgIpc) is 3.26. The van der Waals surface area contributed by atoms with Gasteiger partial charge in [-0.1, -0.05) is 36.0 Å². The van der Waals surface area contributed by atoms with E-state index in [4.69, 9.17) is 14.3 Å². The number of aryl methyl sites for hydroxylation is 2. The van der Waals surface area contributed by atoms with Crippen LogP contribution in [0.5, 0.6) is 5.75 Å². The van der Waals surface area contributed by atoms with Gasteiger partial charge in [-0.05, 0) is 56.0 Å². The number of ether oxygens (including phenoxy) is 1. The standard InChI is InChI=1S/C27H26N2O4S2/c1-16-11-17(2)29-27(28-16)35-15-21-13-23(20-9-10-22(32-3)24(14-20)34-4)33-26(21)19-7-5-18(6-8-19)12-25(30)31/h5-11,13-14H,12,15H2,1-4H3,(H,30,31). The van der Waals surface area contributed by atoms with Gasteiger partial charge in [-0.2, -0.15) is 0 Å². The van der Waals surface area contributed by atoms with Crippen molar-refractivity contribution in [3.8, 4) is 28.4 Å². The van der Waals surface area contributed by atoms with E-state index in [1.54, 1.807) is 30.6 Å². The Labute approximate surface area is 213 Å². The van der Waals surface area contributed by atoms with Crippen molar-refractivity contribution in [1.29, 1.82) is 0 Å². The number of carboxylic acids is 1. The molecule has 0 bridgehead atoms. The number of thioether (sulfide) groups is 2. The monoisotopic (exact) mass is 506 g/mol. The largest absolute Gasteiger partial charge is 0.496 e. The highest BCUT2D eigenvalue weighted by atomic mass is 32.2. The van der Waals surface area contributed by atoms with Crippen molar-refractivity contribution in [1.82, 2.24) is 9.97 Å². The van der Waals surface area contributed by atoms with Crippen LogP contribution >= 0.6 is 23.5 Å². The Hall–Kier alpha value is -3.23. The highest BCUT2D eigenvalue weighted by molar-refractivity contribution is 7.98. The Bertz CT molecular complexity index is 1330. The molecule has 8 heteroatoms. The summed E-state index contributed by atoms with van der Waals surface area (Å²) in [6.07, 6.45) is 2.00. The molecule has 0 saturated carbocycles. The molecule has 2 aromatic heterocycles. The van der Waals surface area contributed by atoms with Gasteiger partial charge in [-0.3, -0.25) is 4.79 Å². The topological polar surface area (TPSA) is 85.5 Å². The molecule has 0 radical (unpaired) electrons. The Morgan fingerprint density at radius 1 is 1.00 bits per heavy atom. The number of aliphatic carboxylic acids is 1. The molecule has 0 aliphatic carbocycles. The number of carboxylic acid groups (broad SMARTS) is 1. The molecule has 2 aromatic carbocycles. The average molecular weight is 507 g/mol. The van der Waals surface area contributed by atoms with E-state index in [0.717, 1.165) is 61.0 Å². The molecule has 0 fully saturated rings. The molecular formula is C27H26N2O4S2. The Morgan fingerprint density at radius 2 is 1.69 bits per heavy atom. The van der Waals surface area contributed by atoms with Crippen molar-refractivity contribution in [2.75, 3.05) is 13.4 Å². The number of benzene rings is 2. The lowest BCUT2D eigenvalue weighted by Gasteiger charge is -2.07. The summed E-state index contributed by atoms with van der Waals surface area (Å²) >= 11 is 3.18. The molecule has 4 aromatic rings. The van der Waals surface area contributed by atoms with Crippen LogP contribution in [0.3, 0.4) is 0 Å².